The van der Waals surface area contributed by atoms with E-state index in [1.807, 2.05) is 6.07 Å². The molecule has 220 valence electrons. The highest BCUT2D eigenvalue weighted by Gasteiger charge is 2.50. The SMILES string of the molecule is C[C@@H]1N(c2cc(Br)cnc2OC2C[C@@H](C(=O)O)N(c3nc(C(F)F)nc4c3oc3ccccc34)C2)CCOC12COC2. The van der Waals surface area contributed by atoms with Gasteiger partial charge in [-0.1, -0.05) is 12.1 Å². The summed E-state index contributed by atoms with van der Waals surface area (Å²) < 4.78 is 52.5. The molecule has 0 bridgehead atoms. The maximum Gasteiger partial charge on any atom is 0.326 e. The van der Waals surface area contributed by atoms with Gasteiger partial charge < -0.3 is 33.5 Å². The van der Waals surface area contributed by atoms with Crippen LogP contribution < -0.4 is 14.5 Å². The molecule has 3 atom stereocenters. The van der Waals surface area contributed by atoms with Crippen molar-refractivity contribution in [1.82, 2.24) is 15.0 Å². The zero-order valence-corrected chi connectivity index (χ0v) is 24.0. The van der Waals surface area contributed by atoms with Gasteiger partial charge in [0.1, 0.15) is 34.5 Å². The number of rotatable bonds is 6. The maximum atomic E-state index is 13.9. The molecule has 11 nitrogen and oxygen atoms in total. The molecule has 6 heterocycles. The van der Waals surface area contributed by atoms with Crippen molar-refractivity contribution in [1.29, 1.82) is 0 Å². The number of carbonyl (C=O) groups is 1. The zero-order chi connectivity index (χ0) is 29.2. The molecule has 0 saturated carbocycles. The Balaban J connectivity index is 1.24. The summed E-state index contributed by atoms with van der Waals surface area (Å²) in [6.45, 7) is 4.22. The highest BCUT2D eigenvalue weighted by atomic mass is 79.9. The van der Waals surface area contributed by atoms with Crippen LogP contribution in [0.15, 0.2) is 45.4 Å². The minimum atomic E-state index is -2.96. The lowest BCUT2D eigenvalue weighted by Gasteiger charge is -2.53. The number of halogens is 3. The Bertz CT molecular complexity index is 1680. The Morgan fingerprint density at radius 3 is 2.79 bits per heavy atom. The number of furan rings is 1. The number of pyridine rings is 1. The fourth-order valence-corrected chi connectivity index (χ4v) is 6.33. The zero-order valence-electron chi connectivity index (χ0n) is 22.4. The van der Waals surface area contributed by atoms with Crippen LogP contribution in [0.5, 0.6) is 5.88 Å². The standard InChI is InChI=1S/C28H26BrF2N5O6/c1-14-28(12-39-13-28)40-7-6-35(14)18-8-15(29)10-32-26(18)41-16-9-19(27(37)38)36(11-16)25-22-21(33-24(34-25)23(30)31)17-4-2-3-5-20(17)42-22/h2-5,8,10,14,16,19,23H,6-7,9,11-13H2,1H3,(H,37,38)/t14-,16?,19-/m0/s1. The molecule has 1 spiro atoms. The van der Waals surface area contributed by atoms with Crippen molar-refractivity contribution in [2.24, 2.45) is 0 Å². The molecule has 0 radical (unpaired) electrons. The summed E-state index contributed by atoms with van der Waals surface area (Å²) in [6, 6.07) is 7.69. The summed E-state index contributed by atoms with van der Waals surface area (Å²) >= 11 is 3.51. The van der Waals surface area contributed by atoms with E-state index in [9.17, 15) is 18.7 Å². The summed E-state index contributed by atoms with van der Waals surface area (Å²) in [5, 5.41) is 10.7. The van der Waals surface area contributed by atoms with Crippen molar-refractivity contribution in [3.8, 4) is 5.88 Å². The van der Waals surface area contributed by atoms with Crippen LogP contribution in [-0.4, -0.2) is 82.7 Å². The third-order valence-electron chi connectivity index (χ3n) is 8.26. The summed E-state index contributed by atoms with van der Waals surface area (Å²) in [5.74, 6) is -1.52. The first-order chi connectivity index (χ1) is 20.2. The van der Waals surface area contributed by atoms with Gasteiger partial charge in [0.15, 0.2) is 17.2 Å². The smallest absolute Gasteiger partial charge is 0.326 e. The molecule has 4 aromatic rings. The first-order valence-corrected chi connectivity index (χ1v) is 14.3. The Hall–Kier alpha value is -3.62. The Kier molecular flexibility index (Phi) is 6.66. The van der Waals surface area contributed by atoms with Crippen molar-refractivity contribution in [2.45, 2.75) is 43.6 Å². The van der Waals surface area contributed by atoms with Gasteiger partial charge >= 0.3 is 5.97 Å². The monoisotopic (exact) mass is 645 g/mol. The molecule has 3 aliphatic heterocycles. The lowest BCUT2D eigenvalue weighted by atomic mass is 9.90. The number of alkyl halides is 2. The number of fused-ring (bicyclic) bond motifs is 3. The number of anilines is 2. The molecule has 42 heavy (non-hydrogen) atoms. The molecule has 3 aromatic heterocycles. The number of para-hydroxylation sites is 1. The number of carboxylic acid groups (broad SMARTS) is 1. The minimum absolute atomic E-state index is 0.0114. The molecule has 3 fully saturated rings. The quantitative estimate of drug-likeness (QED) is 0.317. The van der Waals surface area contributed by atoms with Gasteiger partial charge in [0.2, 0.25) is 5.88 Å². The lowest BCUT2D eigenvalue weighted by molar-refractivity contribution is -0.228. The van der Waals surface area contributed by atoms with Crippen LogP contribution in [0, 0.1) is 0 Å². The van der Waals surface area contributed by atoms with Gasteiger partial charge in [-0.2, -0.15) is 0 Å². The molecule has 3 aliphatic rings. The highest BCUT2D eigenvalue weighted by molar-refractivity contribution is 9.10. The van der Waals surface area contributed by atoms with E-state index < -0.39 is 36.0 Å². The van der Waals surface area contributed by atoms with E-state index in [4.69, 9.17) is 18.6 Å². The molecule has 1 N–H and O–H groups in total. The first-order valence-electron chi connectivity index (χ1n) is 13.5. The number of nitrogens with zero attached hydrogens (tertiary/aromatic N) is 5. The molecule has 1 aromatic carbocycles. The third kappa shape index (κ3) is 4.43. The summed E-state index contributed by atoms with van der Waals surface area (Å²) in [6.07, 6.45) is -1.92. The third-order valence-corrected chi connectivity index (χ3v) is 8.70. The van der Waals surface area contributed by atoms with Crippen molar-refractivity contribution in [3.05, 3.63) is 46.8 Å². The first kappa shape index (κ1) is 27.2. The predicted molar refractivity (Wildman–Crippen MR) is 150 cm³/mol. The average Bonchev–Trinajstić information content (AvgIpc) is 3.54. The Morgan fingerprint density at radius 2 is 2.05 bits per heavy atom. The van der Waals surface area contributed by atoms with Gasteiger partial charge in [-0.05, 0) is 41.1 Å². The predicted octanol–water partition coefficient (Wildman–Crippen LogP) is 4.58. The van der Waals surface area contributed by atoms with E-state index in [0.29, 0.717) is 43.2 Å². The van der Waals surface area contributed by atoms with Crippen molar-refractivity contribution >= 4 is 55.5 Å². The van der Waals surface area contributed by atoms with Crippen molar-refractivity contribution in [2.75, 3.05) is 42.7 Å². The number of hydrogen-bond donors (Lipinski definition) is 1. The number of benzene rings is 1. The topological polar surface area (TPSA) is 123 Å². The van der Waals surface area contributed by atoms with Crippen LogP contribution in [0.25, 0.3) is 22.1 Å². The van der Waals surface area contributed by atoms with Crippen LogP contribution in [0.2, 0.25) is 0 Å². The van der Waals surface area contributed by atoms with Crippen molar-refractivity contribution < 1.29 is 37.3 Å². The average molecular weight is 646 g/mol. The maximum absolute atomic E-state index is 13.9. The molecule has 1 unspecified atom stereocenters. The fourth-order valence-electron chi connectivity index (χ4n) is 6.01. The normalized spacial score (nSPS) is 23.7. The van der Waals surface area contributed by atoms with E-state index in [1.54, 1.807) is 30.5 Å². The molecular formula is C28H26BrF2N5O6. The Morgan fingerprint density at radius 1 is 1.24 bits per heavy atom. The van der Waals surface area contributed by atoms with E-state index in [-0.39, 0.29) is 35.9 Å². The molecule has 7 rings (SSSR count). The van der Waals surface area contributed by atoms with Crippen LogP contribution >= 0.6 is 15.9 Å². The van der Waals surface area contributed by atoms with E-state index >= 15 is 0 Å². The van der Waals surface area contributed by atoms with Crippen molar-refractivity contribution in [3.63, 3.8) is 0 Å². The second-order valence-electron chi connectivity index (χ2n) is 10.7. The second-order valence-corrected chi connectivity index (χ2v) is 11.6. The van der Waals surface area contributed by atoms with Gasteiger partial charge in [-0.15, -0.1) is 0 Å². The van der Waals surface area contributed by atoms with E-state index in [1.165, 1.54) is 4.90 Å². The number of morpholine rings is 1. The lowest BCUT2D eigenvalue weighted by Crippen LogP contribution is -2.68. The minimum Gasteiger partial charge on any atom is -0.480 e. The number of hydrogen-bond acceptors (Lipinski definition) is 10. The number of aliphatic carboxylic acids is 1. The van der Waals surface area contributed by atoms with Gasteiger partial charge in [-0.25, -0.2) is 28.5 Å². The van der Waals surface area contributed by atoms with Gasteiger partial charge in [0, 0.05) is 29.0 Å². The van der Waals surface area contributed by atoms with E-state index in [2.05, 4.69) is 42.7 Å². The number of ether oxygens (including phenoxy) is 3. The van der Waals surface area contributed by atoms with Gasteiger partial charge in [0.05, 0.1) is 32.4 Å². The molecule has 3 saturated heterocycles. The Labute approximate surface area is 246 Å². The van der Waals surface area contributed by atoms with Crippen LogP contribution in [0.3, 0.4) is 0 Å². The number of aromatic nitrogens is 3. The summed E-state index contributed by atoms with van der Waals surface area (Å²) in [4.78, 5) is 28.7. The van der Waals surface area contributed by atoms with Gasteiger partial charge in [-0.3, -0.25) is 0 Å². The molecule has 0 aliphatic carbocycles. The van der Waals surface area contributed by atoms with Crippen LogP contribution in [-0.2, 0) is 14.3 Å². The van der Waals surface area contributed by atoms with Crippen LogP contribution in [0.1, 0.15) is 25.6 Å². The largest absolute Gasteiger partial charge is 0.480 e. The van der Waals surface area contributed by atoms with Crippen LogP contribution in [0.4, 0.5) is 20.3 Å². The fraction of sp³-hybridized carbons (Fsp3) is 0.429. The molecular weight excluding hydrogens is 620 g/mol. The highest BCUT2D eigenvalue weighted by Crippen LogP contribution is 2.41. The molecule has 14 heteroatoms. The summed E-state index contributed by atoms with van der Waals surface area (Å²) in [5.41, 5.74) is 1.10. The van der Waals surface area contributed by atoms with Gasteiger partial charge in [0.25, 0.3) is 6.43 Å². The summed E-state index contributed by atoms with van der Waals surface area (Å²) in [7, 11) is 0. The molecule has 0 amide bonds. The van der Waals surface area contributed by atoms with E-state index in [0.717, 1.165) is 10.2 Å². The number of carboxylic acids is 1. The second kappa shape index (κ2) is 10.3.